The Balaban J connectivity index is 2.89. The Morgan fingerprint density at radius 3 is 2.27 bits per heavy atom. The van der Waals surface area contributed by atoms with E-state index in [0.29, 0.717) is 11.8 Å². The Morgan fingerprint density at radius 1 is 1.18 bits per heavy atom. The van der Waals surface area contributed by atoms with Crippen LogP contribution in [-0.2, 0) is 0 Å². The van der Waals surface area contributed by atoms with Gasteiger partial charge in [-0.2, -0.15) is 0 Å². The number of aliphatic hydroxyl groups is 1. The van der Waals surface area contributed by atoms with Crippen molar-refractivity contribution in [2.24, 2.45) is 11.8 Å². The van der Waals surface area contributed by atoms with Gasteiger partial charge in [-0.05, 0) is 37.7 Å². The second-order valence-electron chi connectivity index (χ2n) is 3.92. The van der Waals surface area contributed by atoms with Crippen molar-refractivity contribution in [1.82, 2.24) is 0 Å². The van der Waals surface area contributed by atoms with Gasteiger partial charge in [0.05, 0.1) is 6.10 Å². The van der Waals surface area contributed by atoms with Crippen molar-refractivity contribution < 1.29 is 5.11 Å². The fourth-order valence-corrected chi connectivity index (χ4v) is 1.91. The maximum atomic E-state index is 9.68. The van der Waals surface area contributed by atoms with Crippen molar-refractivity contribution in [1.29, 1.82) is 0 Å². The highest BCUT2D eigenvalue weighted by Gasteiger charge is 2.26. The second-order valence-corrected chi connectivity index (χ2v) is 3.92. The van der Waals surface area contributed by atoms with Crippen LogP contribution in [0.25, 0.3) is 0 Å². The second kappa shape index (κ2) is 2.98. The summed E-state index contributed by atoms with van der Waals surface area (Å²) in [4.78, 5) is 0. The first kappa shape index (κ1) is 8.79. The van der Waals surface area contributed by atoms with Gasteiger partial charge in [-0.1, -0.05) is 19.4 Å². The molecule has 1 rings (SSSR count). The van der Waals surface area contributed by atoms with Gasteiger partial charge in [0.25, 0.3) is 0 Å². The highest BCUT2D eigenvalue weighted by molar-refractivity contribution is 5.20. The van der Waals surface area contributed by atoms with Gasteiger partial charge in [-0.15, -0.1) is 0 Å². The lowest BCUT2D eigenvalue weighted by atomic mass is 9.78. The molecule has 0 heterocycles. The van der Waals surface area contributed by atoms with Gasteiger partial charge < -0.3 is 5.11 Å². The minimum Gasteiger partial charge on any atom is -0.388 e. The van der Waals surface area contributed by atoms with Crippen LogP contribution in [0, 0.1) is 11.8 Å². The largest absolute Gasteiger partial charge is 0.388 e. The number of hydrogen-bond donors (Lipinski definition) is 1. The van der Waals surface area contributed by atoms with Crippen molar-refractivity contribution in [3.63, 3.8) is 0 Å². The van der Waals surface area contributed by atoms with Crippen molar-refractivity contribution in [2.45, 2.75) is 40.2 Å². The number of allylic oxidation sites excluding steroid dienone is 1. The molecule has 0 aromatic heterocycles. The average Bonchev–Trinajstić information content (AvgIpc) is 1.97. The van der Waals surface area contributed by atoms with Gasteiger partial charge >= 0.3 is 0 Å². The van der Waals surface area contributed by atoms with Gasteiger partial charge in [0.15, 0.2) is 0 Å². The van der Waals surface area contributed by atoms with Crippen LogP contribution in [-0.4, -0.2) is 11.2 Å². The van der Waals surface area contributed by atoms with Crippen molar-refractivity contribution in [3.8, 4) is 0 Å². The molecular weight excluding hydrogens is 136 g/mol. The average molecular weight is 154 g/mol. The van der Waals surface area contributed by atoms with E-state index < -0.39 is 0 Å². The molecule has 1 nitrogen and oxygen atoms in total. The van der Waals surface area contributed by atoms with Crippen LogP contribution < -0.4 is 0 Å². The summed E-state index contributed by atoms with van der Waals surface area (Å²) in [7, 11) is 0. The zero-order valence-electron chi connectivity index (χ0n) is 7.89. The zero-order valence-corrected chi connectivity index (χ0v) is 7.89. The summed E-state index contributed by atoms with van der Waals surface area (Å²) in [6.45, 7) is 8.54. The van der Waals surface area contributed by atoms with E-state index in [-0.39, 0.29) is 6.10 Å². The van der Waals surface area contributed by atoms with E-state index in [1.54, 1.807) is 0 Å². The zero-order chi connectivity index (χ0) is 8.59. The van der Waals surface area contributed by atoms with E-state index >= 15 is 0 Å². The molecule has 1 aliphatic rings. The first-order valence-corrected chi connectivity index (χ1v) is 4.39. The van der Waals surface area contributed by atoms with Crippen LogP contribution in [0.3, 0.4) is 0 Å². The minimum absolute atomic E-state index is 0.189. The molecule has 1 N–H and O–H groups in total. The lowest BCUT2D eigenvalue weighted by molar-refractivity contribution is 0.125. The molecule has 0 radical (unpaired) electrons. The molecule has 0 saturated heterocycles. The molecule has 64 valence electrons. The highest BCUT2D eigenvalue weighted by atomic mass is 16.3. The van der Waals surface area contributed by atoms with E-state index in [0.717, 1.165) is 6.42 Å². The van der Waals surface area contributed by atoms with E-state index in [1.807, 2.05) is 6.92 Å². The molecule has 0 aromatic rings. The van der Waals surface area contributed by atoms with Crippen LogP contribution in [0.2, 0.25) is 0 Å². The first-order chi connectivity index (χ1) is 5.04. The Labute approximate surface area is 69.1 Å². The maximum Gasteiger partial charge on any atom is 0.0775 e. The van der Waals surface area contributed by atoms with E-state index in [9.17, 15) is 5.11 Å². The van der Waals surface area contributed by atoms with Crippen LogP contribution in [0.5, 0.6) is 0 Å². The minimum atomic E-state index is -0.189. The molecule has 1 aliphatic carbocycles. The normalized spacial score (nSPS) is 39.5. The summed E-state index contributed by atoms with van der Waals surface area (Å²) in [6, 6.07) is 0. The fraction of sp³-hybridized carbons (Fsp3) is 0.800. The summed E-state index contributed by atoms with van der Waals surface area (Å²) in [6.07, 6.45) is 0.941. The highest BCUT2D eigenvalue weighted by Crippen LogP contribution is 2.33. The Morgan fingerprint density at radius 2 is 1.73 bits per heavy atom. The van der Waals surface area contributed by atoms with Gasteiger partial charge in [0.2, 0.25) is 0 Å². The topological polar surface area (TPSA) is 20.2 Å². The summed E-state index contributed by atoms with van der Waals surface area (Å²) in [5.74, 6) is 1.10. The molecule has 0 bridgehead atoms. The van der Waals surface area contributed by atoms with Gasteiger partial charge in [0, 0.05) is 0 Å². The Kier molecular flexibility index (Phi) is 2.38. The van der Waals surface area contributed by atoms with Crippen LogP contribution in [0.15, 0.2) is 11.1 Å². The molecule has 0 amide bonds. The predicted molar refractivity (Wildman–Crippen MR) is 47.3 cm³/mol. The van der Waals surface area contributed by atoms with Crippen LogP contribution >= 0.6 is 0 Å². The van der Waals surface area contributed by atoms with Crippen molar-refractivity contribution in [3.05, 3.63) is 11.1 Å². The van der Waals surface area contributed by atoms with Gasteiger partial charge in [0.1, 0.15) is 0 Å². The molecule has 3 unspecified atom stereocenters. The van der Waals surface area contributed by atoms with E-state index in [1.165, 1.54) is 11.1 Å². The molecule has 11 heavy (non-hydrogen) atoms. The van der Waals surface area contributed by atoms with Crippen LogP contribution in [0.1, 0.15) is 34.1 Å². The van der Waals surface area contributed by atoms with Crippen molar-refractivity contribution >= 4 is 0 Å². The molecule has 0 spiro atoms. The van der Waals surface area contributed by atoms with Crippen LogP contribution in [0.4, 0.5) is 0 Å². The molecule has 1 heteroatoms. The third kappa shape index (κ3) is 1.48. The van der Waals surface area contributed by atoms with E-state index in [2.05, 4.69) is 20.8 Å². The standard InChI is InChI=1S/C10H18O/c1-6-5-7(2)10(11)9(4)8(6)3/h6-7,10-11H,5H2,1-4H3. The third-order valence-corrected chi connectivity index (χ3v) is 3.07. The number of hydrogen-bond acceptors (Lipinski definition) is 1. The Bertz CT molecular complexity index is 181. The molecule has 0 saturated carbocycles. The lowest BCUT2D eigenvalue weighted by Gasteiger charge is -2.31. The van der Waals surface area contributed by atoms with E-state index in [4.69, 9.17) is 0 Å². The lowest BCUT2D eigenvalue weighted by Crippen LogP contribution is -2.27. The maximum absolute atomic E-state index is 9.68. The summed E-state index contributed by atoms with van der Waals surface area (Å²) in [5.41, 5.74) is 2.58. The van der Waals surface area contributed by atoms with Crippen molar-refractivity contribution in [2.75, 3.05) is 0 Å². The Hall–Kier alpha value is -0.300. The van der Waals surface area contributed by atoms with Gasteiger partial charge in [-0.25, -0.2) is 0 Å². The molecule has 0 aliphatic heterocycles. The SMILES string of the molecule is CC1=C(C)C(O)C(C)CC1C. The molecule has 0 aromatic carbocycles. The predicted octanol–water partition coefficient (Wildman–Crippen LogP) is 2.36. The number of aliphatic hydroxyl groups excluding tert-OH is 1. The van der Waals surface area contributed by atoms with Gasteiger partial charge in [-0.3, -0.25) is 0 Å². The third-order valence-electron chi connectivity index (χ3n) is 3.07. The molecule has 0 fully saturated rings. The first-order valence-electron chi connectivity index (χ1n) is 4.39. The summed E-state index contributed by atoms with van der Waals surface area (Å²) in [5, 5.41) is 9.68. The smallest absolute Gasteiger partial charge is 0.0775 e. The summed E-state index contributed by atoms with van der Waals surface area (Å²) < 4.78 is 0. The quantitative estimate of drug-likeness (QED) is 0.531. The summed E-state index contributed by atoms with van der Waals surface area (Å²) >= 11 is 0. The number of rotatable bonds is 0. The molecule has 3 atom stereocenters. The molecular formula is C10H18O. The monoisotopic (exact) mass is 154 g/mol. The fourth-order valence-electron chi connectivity index (χ4n) is 1.91.